The highest BCUT2D eigenvalue weighted by Crippen LogP contribution is 2.15. The van der Waals surface area contributed by atoms with Gasteiger partial charge in [-0.15, -0.1) is 0 Å². The number of hydrogen-bond donors (Lipinski definition) is 1. The summed E-state index contributed by atoms with van der Waals surface area (Å²) in [7, 11) is 1.57. The Hall–Kier alpha value is -1.55. The summed E-state index contributed by atoms with van der Waals surface area (Å²) in [5.41, 5.74) is 0.575. The van der Waals surface area contributed by atoms with E-state index in [1.165, 1.54) is 0 Å². The summed E-state index contributed by atoms with van der Waals surface area (Å²) < 4.78 is 5.09. The molecule has 1 N–H and O–H groups in total. The molecule has 0 bridgehead atoms. The van der Waals surface area contributed by atoms with Crippen molar-refractivity contribution in [1.29, 1.82) is 0 Å². The Bertz CT molecular complexity index is 377. The van der Waals surface area contributed by atoms with E-state index >= 15 is 0 Å². The molecule has 1 aromatic carbocycles. The zero-order chi connectivity index (χ0) is 12.8. The third-order valence-electron chi connectivity index (χ3n) is 2.54. The molecule has 0 aromatic heterocycles. The summed E-state index contributed by atoms with van der Waals surface area (Å²) in [6.07, 6.45) is 0. The Kier molecular flexibility index (Phi) is 4.97. The number of ether oxygens (including phenoxy) is 1. The van der Waals surface area contributed by atoms with Crippen LogP contribution < -0.4 is 4.74 Å². The molecule has 0 spiro atoms. The fourth-order valence-electron chi connectivity index (χ4n) is 1.62. The first-order chi connectivity index (χ1) is 8.10. The average molecular weight is 237 g/mol. The molecular weight excluding hydrogens is 218 g/mol. The zero-order valence-corrected chi connectivity index (χ0v) is 10.5. The van der Waals surface area contributed by atoms with Gasteiger partial charge in [-0.2, -0.15) is 0 Å². The maximum absolute atomic E-state index is 12.2. The van der Waals surface area contributed by atoms with Crippen molar-refractivity contribution in [3.05, 3.63) is 29.8 Å². The number of nitrogens with zero attached hydrogens (tertiary/aromatic N) is 1. The molecule has 0 radical (unpaired) electrons. The molecule has 0 fully saturated rings. The van der Waals surface area contributed by atoms with Gasteiger partial charge in [0, 0.05) is 18.2 Å². The lowest BCUT2D eigenvalue weighted by atomic mass is 10.1. The SMILES string of the molecule is COc1cccc(C(=O)N(CCO)C(C)C)c1. The summed E-state index contributed by atoms with van der Waals surface area (Å²) in [6, 6.07) is 7.08. The van der Waals surface area contributed by atoms with Gasteiger partial charge in [0.05, 0.1) is 13.7 Å². The summed E-state index contributed by atoms with van der Waals surface area (Å²) in [6.45, 7) is 4.16. The minimum absolute atomic E-state index is 0.0338. The third kappa shape index (κ3) is 3.46. The fraction of sp³-hybridized carbons (Fsp3) is 0.462. The maximum Gasteiger partial charge on any atom is 0.254 e. The molecule has 17 heavy (non-hydrogen) atoms. The van der Waals surface area contributed by atoms with Crippen LogP contribution in [0.2, 0.25) is 0 Å². The van der Waals surface area contributed by atoms with Crippen molar-refractivity contribution in [2.45, 2.75) is 19.9 Å². The molecule has 0 aliphatic carbocycles. The minimum Gasteiger partial charge on any atom is -0.497 e. The second-order valence-electron chi connectivity index (χ2n) is 4.05. The number of aliphatic hydroxyl groups excluding tert-OH is 1. The van der Waals surface area contributed by atoms with E-state index in [1.54, 1.807) is 36.3 Å². The van der Waals surface area contributed by atoms with Crippen LogP contribution in [0.15, 0.2) is 24.3 Å². The summed E-state index contributed by atoms with van der Waals surface area (Å²) in [4.78, 5) is 13.8. The highest BCUT2D eigenvalue weighted by atomic mass is 16.5. The number of rotatable bonds is 5. The fourth-order valence-corrected chi connectivity index (χ4v) is 1.62. The highest BCUT2D eigenvalue weighted by molar-refractivity contribution is 5.94. The molecule has 0 unspecified atom stereocenters. The van der Waals surface area contributed by atoms with E-state index in [-0.39, 0.29) is 18.6 Å². The van der Waals surface area contributed by atoms with Crippen LogP contribution in [-0.2, 0) is 0 Å². The van der Waals surface area contributed by atoms with E-state index in [0.29, 0.717) is 17.9 Å². The predicted octanol–water partition coefficient (Wildman–Crippen LogP) is 1.54. The van der Waals surface area contributed by atoms with E-state index < -0.39 is 0 Å². The Morgan fingerprint density at radius 1 is 1.47 bits per heavy atom. The standard InChI is InChI=1S/C13H19NO3/c1-10(2)14(7-8-15)13(16)11-5-4-6-12(9-11)17-3/h4-6,9-10,15H,7-8H2,1-3H3. The minimum atomic E-state index is -0.0899. The van der Waals surface area contributed by atoms with E-state index in [9.17, 15) is 4.79 Å². The van der Waals surface area contributed by atoms with Crippen molar-refractivity contribution in [3.8, 4) is 5.75 Å². The van der Waals surface area contributed by atoms with Crippen molar-refractivity contribution in [2.75, 3.05) is 20.3 Å². The molecule has 1 aromatic rings. The molecular formula is C13H19NO3. The Labute approximate surface area is 102 Å². The number of amides is 1. The van der Waals surface area contributed by atoms with Crippen LogP contribution in [-0.4, -0.2) is 42.2 Å². The normalized spacial score (nSPS) is 10.4. The lowest BCUT2D eigenvalue weighted by Gasteiger charge is -2.26. The van der Waals surface area contributed by atoms with Gasteiger partial charge in [-0.1, -0.05) is 6.07 Å². The first-order valence-corrected chi connectivity index (χ1v) is 5.66. The van der Waals surface area contributed by atoms with Crippen molar-refractivity contribution < 1.29 is 14.6 Å². The molecule has 0 heterocycles. The molecule has 1 rings (SSSR count). The maximum atomic E-state index is 12.2. The smallest absolute Gasteiger partial charge is 0.254 e. The molecule has 4 nitrogen and oxygen atoms in total. The Morgan fingerprint density at radius 2 is 2.18 bits per heavy atom. The second kappa shape index (κ2) is 6.25. The monoisotopic (exact) mass is 237 g/mol. The topological polar surface area (TPSA) is 49.8 Å². The molecule has 0 saturated carbocycles. The molecule has 0 aliphatic heterocycles. The van der Waals surface area contributed by atoms with Gasteiger partial charge in [0.15, 0.2) is 0 Å². The van der Waals surface area contributed by atoms with Gasteiger partial charge in [-0.3, -0.25) is 4.79 Å². The van der Waals surface area contributed by atoms with Crippen LogP contribution in [0.3, 0.4) is 0 Å². The Morgan fingerprint density at radius 3 is 2.71 bits per heavy atom. The number of carbonyl (C=O) groups excluding carboxylic acids is 1. The van der Waals surface area contributed by atoms with Crippen LogP contribution in [0, 0.1) is 0 Å². The van der Waals surface area contributed by atoms with Crippen LogP contribution in [0.5, 0.6) is 5.75 Å². The molecule has 0 saturated heterocycles. The summed E-state index contributed by atoms with van der Waals surface area (Å²) in [5.74, 6) is 0.566. The summed E-state index contributed by atoms with van der Waals surface area (Å²) in [5, 5.41) is 8.96. The number of carbonyl (C=O) groups is 1. The number of methoxy groups -OCH3 is 1. The van der Waals surface area contributed by atoms with Crippen LogP contribution in [0.1, 0.15) is 24.2 Å². The largest absolute Gasteiger partial charge is 0.497 e. The van der Waals surface area contributed by atoms with Gasteiger partial charge >= 0.3 is 0 Å². The number of aliphatic hydroxyl groups is 1. The van der Waals surface area contributed by atoms with Gasteiger partial charge in [-0.25, -0.2) is 0 Å². The second-order valence-corrected chi connectivity index (χ2v) is 4.05. The quantitative estimate of drug-likeness (QED) is 0.845. The van der Waals surface area contributed by atoms with E-state index in [4.69, 9.17) is 9.84 Å². The Balaban J connectivity index is 2.92. The van der Waals surface area contributed by atoms with Crippen LogP contribution in [0.4, 0.5) is 0 Å². The zero-order valence-electron chi connectivity index (χ0n) is 10.5. The van der Waals surface area contributed by atoms with Crippen molar-refractivity contribution in [3.63, 3.8) is 0 Å². The summed E-state index contributed by atoms with van der Waals surface area (Å²) >= 11 is 0. The number of benzene rings is 1. The molecule has 94 valence electrons. The third-order valence-corrected chi connectivity index (χ3v) is 2.54. The van der Waals surface area contributed by atoms with Gasteiger partial charge in [0.25, 0.3) is 5.91 Å². The average Bonchev–Trinajstić information content (AvgIpc) is 2.34. The van der Waals surface area contributed by atoms with E-state index in [0.717, 1.165) is 0 Å². The first-order valence-electron chi connectivity index (χ1n) is 5.66. The predicted molar refractivity (Wildman–Crippen MR) is 66.3 cm³/mol. The van der Waals surface area contributed by atoms with Crippen LogP contribution in [0.25, 0.3) is 0 Å². The van der Waals surface area contributed by atoms with Gasteiger partial charge in [-0.05, 0) is 32.0 Å². The van der Waals surface area contributed by atoms with Gasteiger partial charge in [0.1, 0.15) is 5.75 Å². The highest BCUT2D eigenvalue weighted by Gasteiger charge is 2.18. The first kappa shape index (κ1) is 13.5. The molecule has 0 aliphatic rings. The lowest BCUT2D eigenvalue weighted by Crippen LogP contribution is -2.38. The van der Waals surface area contributed by atoms with Crippen molar-refractivity contribution >= 4 is 5.91 Å². The lowest BCUT2D eigenvalue weighted by molar-refractivity contribution is 0.0665. The molecule has 0 atom stereocenters. The van der Waals surface area contributed by atoms with Gasteiger partial charge in [0.2, 0.25) is 0 Å². The van der Waals surface area contributed by atoms with Gasteiger partial charge < -0.3 is 14.7 Å². The molecule has 1 amide bonds. The van der Waals surface area contributed by atoms with E-state index in [1.807, 2.05) is 13.8 Å². The van der Waals surface area contributed by atoms with Crippen LogP contribution >= 0.6 is 0 Å². The van der Waals surface area contributed by atoms with E-state index in [2.05, 4.69) is 0 Å². The molecule has 4 heteroatoms. The number of hydrogen-bond acceptors (Lipinski definition) is 3. The van der Waals surface area contributed by atoms with Crippen molar-refractivity contribution in [1.82, 2.24) is 4.90 Å². The van der Waals surface area contributed by atoms with Crippen molar-refractivity contribution in [2.24, 2.45) is 0 Å².